The van der Waals surface area contributed by atoms with E-state index in [1.165, 1.54) is 0 Å². The number of nitrogens with zero attached hydrogens (tertiary/aromatic N) is 2. The number of rotatable bonds is 1. The number of hydrogen-bond acceptors (Lipinski definition) is 3. The van der Waals surface area contributed by atoms with Crippen LogP contribution >= 0.6 is 0 Å². The lowest BCUT2D eigenvalue weighted by Gasteiger charge is -2.19. The van der Waals surface area contributed by atoms with Crippen LogP contribution in [-0.4, -0.2) is 30.9 Å². The number of amidine groups is 1. The van der Waals surface area contributed by atoms with Gasteiger partial charge in [0.05, 0.1) is 6.54 Å². The molecule has 2 N–H and O–H groups in total. The second-order valence-electron chi connectivity index (χ2n) is 2.01. The summed E-state index contributed by atoms with van der Waals surface area (Å²) in [6.07, 6.45) is 3.79. The van der Waals surface area contributed by atoms with Crippen LogP contribution in [0.5, 0.6) is 0 Å². The highest BCUT2D eigenvalue weighted by Crippen LogP contribution is 1.94. The van der Waals surface area contributed by atoms with Crippen molar-refractivity contribution in [3.8, 4) is 0 Å². The highest BCUT2D eigenvalue weighted by atomic mass is 15.2. The molecule has 0 aliphatic carbocycles. The fourth-order valence-electron chi connectivity index (χ4n) is 0.756. The van der Waals surface area contributed by atoms with Crippen LogP contribution in [0.2, 0.25) is 0 Å². The lowest BCUT2D eigenvalue weighted by atomic mass is 10.4. The lowest BCUT2D eigenvalue weighted by Crippen LogP contribution is -2.34. The van der Waals surface area contributed by atoms with Gasteiger partial charge in [-0.15, -0.1) is 0 Å². The van der Waals surface area contributed by atoms with Crippen LogP contribution in [0.4, 0.5) is 0 Å². The molecular weight excluding hydrogens is 114 g/mol. The molecule has 0 saturated carbocycles. The van der Waals surface area contributed by atoms with Crippen molar-refractivity contribution in [3.05, 3.63) is 12.3 Å². The van der Waals surface area contributed by atoms with Crippen LogP contribution in [0.15, 0.2) is 17.3 Å². The van der Waals surface area contributed by atoms with Crippen LogP contribution in [-0.2, 0) is 0 Å². The normalized spacial score (nSPS) is 18.0. The molecule has 1 aliphatic rings. The SMILES string of the molecule is CN1CC=CN=C1CN. The van der Waals surface area contributed by atoms with E-state index in [0.29, 0.717) is 6.54 Å². The quantitative estimate of drug-likeness (QED) is 0.527. The molecule has 1 heterocycles. The third-order valence-electron chi connectivity index (χ3n) is 1.33. The van der Waals surface area contributed by atoms with Gasteiger partial charge in [-0.05, 0) is 6.08 Å². The van der Waals surface area contributed by atoms with Gasteiger partial charge in [-0.3, -0.25) is 0 Å². The first kappa shape index (κ1) is 6.29. The first-order chi connectivity index (χ1) is 4.34. The van der Waals surface area contributed by atoms with Gasteiger partial charge < -0.3 is 10.6 Å². The molecule has 0 aromatic carbocycles. The van der Waals surface area contributed by atoms with Crippen molar-refractivity contribution < 1.29 is 0 Å². The van der Waals surface area contributed by atoms with E-state index in [9.17, 15) is 0 Å². The van der Waals surface area contributed by atoms with Gasteiger partial charge in [0.1, 0.15) is 5.84 Å². The summed E-state index contributed by atoms with van der Waals surface area (Å²) < 4.78 is 0. The minimum atomic E-state index is 0.529. The molecule has 0 aromatic heterocycles. The molecule has 0 fully saturated rings. The van der Waals surface area contributed by atoms with Gasteiger partial charge in [-0.1, -0.05) is 0 Å². The van der Waals surface area contributed by atoms with Crippen LogP contribution in [0, 0.1) is 0 Å². The molecule has 0 spiro atoms. The molecule has 9 heavy (non-hydrogen) atoms. The molecule has 1 rings (SSSR count). The van der Waals surface area contributed by atoms with Crippen LogP contribution < -0.4 is 5.73 Å². The second-order valence-corrected chi connectivity index (χ2v) is 2.01. The number of hydrogen-bond donors (Lipinski definition) is 1. The van der Waals surface area contributed by atoms with E-state index in [4.69, 9.17) is 5.73 Å². The highest BCUT2D eigenvalue weighted by molar-refractivity contribution is 5.85. The number of nitrogens with two attached hydrogens (primary N) is 1. The molecule has 0 radical (unpaired) electrons. The van der Waals surface area contributed by atoms with Crippen molar-refractivity contribution in [1.29, 1.82) is 0 Å². The van der Waals surface area contributed by atoms with E-state index in [1.807, 2.05) is 18.0 Å². The average molecular weight is 125 g/mol. The van der Waals surface area contributed by atoms with Gasteiger partial charge in [-0.25, -0.2) is 4.99 Å². The summed E-state index contributed by atoms with van der Waals surface area (Å²) in [7, 11) is 1.98. The van der Waals surface area contributed by atoms with Gasteiger partial charge in [0, 0.05) is 19.8 Å². The Morgan fingerprint density at radius 3 is 3.11 bits per heavy atom. The van der Waals surface area contributed by atoms with E-state index < -0.39 is 0 Å². The first-order valence-corrected chi connectivity index (χ1v) is 2.97. The summed E-state index contributed by atoms with van der Waals surface area (Å²) in [5, 5.41) is 0. The van der Waals surface area contributed by atoms with Crippen LogP contribution in [0.3, 0.4) is 0 Å². The van der Waals surface area contributed by atoms with E-state index in [1.54, 1.807) is 6.20 Å². The predicted molar refractivity (Wildman–Crippen MR) is 38.3 cm³/mol. The molecule has 0 aromatic rings. The number of aliphatic imine (C=N–C) groups is 1. The summed E-state index contributed by atoms with van der Waals surface area (Å²) in [6.45, 7) is 1.46. The van der Waals surface area contributed by atoms with Crippen LogP contribution in [0.1, 0.15) is 0 Å². The average Bonchev–Trinajstić information content (AvgIpc) is 1.89. The van der Waals surface area contributed by atoms with Gasteiger partial charge >= 0.3 is 0 Å². The topological polar surface area (TPSA) is 41.6 Å². The largest absolute Gasteiger partial charge is 0.358 e. The maximum atomic E-state index is 5.39. The summed E-state index contributed by atoms with van der Waals surface area (Å²) in [4.78, 5) is 6.09. The molecule has 0 saturated heterocycles. The Kier molecular flexibility index (Phi) is 1.85. The molecular formula is C6H11N3. The van der Waals surface area contributed by atoms with Gasteiger partial charge in [0.2, 0.25) is 0 Å². The molecule has 0 unspecified atom stereocenters. The van der Waals surface area contributed by atoms with E-state index in [0.717, 1.165) is 12.4 Å². The van der Waals surface area contributed by atoms with Crippen molar-refractivity contribution in [1.82, 2.24) is 4.90 Å². The van der Waals surface area contributed by atoms with Gasteiger partial charge in [0.25, 0.3) is 0 Å². The molecule has 0 amide bonds. The summed E-state index contributed by atoms with van der Waals surface area (Å²) in [5.41, 5.74) is 5.39. The van der Waals surface area contributed by atoms with Crippen molar-refractivity contribution in [3.63, 3.8) is 0 Å². The third-order valence-corrected chi connectivity index (χ3v) is 1.33. The molecule has 3 nitrogen and oxygen atoms in total. The standard InChI is InChI=1S/C6H11N3/c1-9-4-2-3-8-6(9)5-7/h2-3H,4-5,7H2,1H3. The lowest BCUT2D eigenvalue weighted by molar-refractivity contribution is 0.548. The van der Waals surface area contributed by atoms with Gasteiger partial charge in [-0.2, -0.15) is 0 Å². The van der Waals surface area contributed by atoms with Crippen LogP contribution in [0.25, 0.3) is 0 Å². The Morgan fingerprint density at radius 2 is 2.67 bits per heavy atom. The highest BCUT2D eigenvalue weighted by Gasteiger charge is 2.03. The first-order valence-electron chi connectivity index (χ1n) is 2.97. The summed E-state index contributed by atoms with van der Waals surface area (Å²) in [5.74, 6) is 0.956. The fraction of sp³-hybridized carbons (Fsp3) is 0.500. The van der Waals surface area contributed by atoms with Gasteiger partial charge in [0.15, 0.2) is 0 Å². The minimum Gasteiger partial charge on any atom is -0.358 e. The van der Waals surface area contributed by atoms with Crippen molar-refractivity contribution in [2.45, 2.75) is 0 Å². The molecule has 3 heteroatoms. The Hall–Kier alpha value is -0.830. The minimum absolute atomic E-state index is 0.529. The molecule has 0 atom stereocenters. The van der Waals surface area contributed by atoms with Crippen molar-refractivity contribution in [2.75, 3.05) is 20.1 Å². The maximum Gasteiger partial charge on any atom is 0.118 e. The molecule has 1 aliphatic heterocycles. The smallest absolute Gasteiger partial charge is 0.118 e. The zero-order valence-electron chi connectivity index (χ0n) is 5.54. The summed E-state index contributed by atoms with van der Waals surface area (Å²) in [6, 6.07) is 0. The maximum absolute atomic E-state index is 5.39. The van der Waals surface area contributed by atoms with E-state index in [-0.39, 0.29) is 0 Å². The number of likely N-dealkylation sites (N-methyl/N-ethyl adjacent to an activating group) is 1. The Labute approximate surface area is 54.9 Å². The second kappa shape index (κ2) is 2.64. The Bertz CT molecular complexity index is 148. The van der Waals surface area contributed by atoms with Crippen molar-refractivity contribution in [2.24, 2.45) is 10.7 Å². The third kappa shape index (κ3) is 1.29. The monoisotopic (exact) mass is 125 g/mol. The van der Waals surface area contributed by atoms with E-state index >= 15 is 0 Å². The molecule has 0 bridgehead atoms. The zero-order valence-corrected chi connectivity index (χ0v) is 5.54. The fourth-order valence-corrected chi connectivity index (χ4v) is 0.756. The Balaban J connectivity index is 2.63. The Morgan fingerprint density at radius 1 is 1.89 bits per heavy atom. The van der Waals surface area contributed by atoms with E-state index in [2.05, 4.69) is 4.99 Å². The zero-order chi connectivity index (χ0) is 6.69. The van der Waals surface area contributed by atoms with Crippen molar-refractivity contribution >= 4 is 5.84 Å². The summed E-state index contributed by atoms with van der Waals surface area (Å²) >= 11 is 0. The predicted octanol–water partition coefficient (Wildman–Crippen LogP) is -0.197. The molecule has 50 valence electrons.